The van der Waals surface area contributed by atoms with Crippen molar-refractivity contribution in [3.63, 3.8) is 0 Å². The Hall–Kier alpha value is -1.68. The van der Waals surface area contributed by atoms with E-state index in [1.807, 2.05) is 19.1 Å². The van der Waals surface area contributed by atoms with E-state index in [4.69, 9.17) is 5.73 Å². The fourth-order valence-electron chi connectivity index (χ4n) is 2.38. The number of carbonyl (C=O) groups excluding carboxylic acids is 2. The van der Waals surface area contributed by atoms with Gasteiger partial charge in [-0.15, -0.1) is 0 Å². The van der Waals surface area contributed by atoms with Gasteiger partial charge < -0.3 is 11.1 Å². The van der Waals surface area contributed by atoms with Crippen LogP contribution in [0.1, 0.15) is 48.5 Å². The normalized spacial score (nSPS) is 15.8. The maximum atomic E-state index is 11.8. The third-order valence-corrected chi connectivity index (χ3v) is 3.46. The quantitative estimate of drug-likeness (QED) is 0.872. The molecule has 0 spiro atoms. The predicted octanol–water partition coefficient (Wildman–Crippen LogP) is 2.27. The molecule has 0 aliphatic heterocycles. The van der Waals surface area contributed by atoms with Crippen LogP contribution in [0, 0.1) is 0 Å². The molecule has 1 atom stereocenters. The molecule has 1 aliphatic carbocycles. The Balaban J connectivity index is 2.12. The van der Waals surface area contributed by atoms with E-state index in [1.54, 1.807) is 6.07 Å². The second kappa shape index (κ2) is 5.97. The molecule has 4 nitrogen and oxygen atoms in total. The zero-order valence-electron chi connectivity index (χ0n) is 11.2. The molecular weight excluding hydrogens is 240 g/mol. The fraction of sp³-hybridized carbons (Fsp3) is 0.467. The molecule has 1 amide bonds. The molecule has 0 saturated carbocycles. The molecule has 0 aromatic heterocycles. The van der Waals surface area contributed by atoms with Crippen molar-refractivity contribution < 1.29 is 9.59 Å². The summed E-state index contributed by atoms with van der Waals surface area (Å²) < 4.78 is 0. The van der Waals surface area contributed by atoms with Crippen molar-refractivity contribution in [2.45, 2.75) is 45.1 Å². The molecule has 4 heteroatoms. The number of amides is 1. The minimum Gasteiger partial charge on any atom is -0.325 e. The van der Waals surface area contributed by atoms with Gasteiger partial charge in [-0.1, -0.05) is 19.4 Å². The van der Waals surface area contributed by atoms with E-state index < -0.39 is 6.04 Å². The number of aryl methyl sites for hydroxylation is 1. The Morgan fingerprint density at radius 1 is 1.42 bits per heavy atom. The van der Waals surface area contributed by atoms with E-state index in [0.29, 0.717) is 18.5 Å². The second-order valence-electron chi connectivity index (χ2n) is 5.03. The second-order valence-corrected chi connectivity index (χ2v) is 5.03. The summed E-state index contributed by atoms with van der Waals surface area (Å²) >= 11 is 0. The van der Waals surface area contributed by atoms with Crippen LogP contribution >= 0.6 is 0 Å². The number of fused-ring (bicyclic) bond motifs is 1. The summed E-state index contributed by atoms with van der Waals surface area (Å²) in [6.45, 7) is 1.99. The standard InChI is InChI=1S/C15H20N2O2/c1-2-4-13(16)15(19)17-11-8-7-10-5-3-6-14(18)12(10)9-11/h7-9,13H,2-6,16H2,1H3,(H,17,19). The lowest BCUT2D eigenvalue weighted by Gasteiger charge is -2.17. The fourth-order valence-corrected chi connectivity index (χ4v) is 2.38. The summed E-state index contributed by atoms with van der Waals surface area (Å²) in [6, 6.07) is 5.05. The Morgan fingerprint density at radius 2 is 2.21 bits per heavy atom. The van der Waals surface area contributed by atoms with Crippen molar-refractivity contribution in [1.82, 2.24) is 0 Å². The number of benzene rings is 1. The Morgan fingerprint density at radius 3 is 2.95 bits per heavy atom. The molecule has 2 rings (SSSR count). The topological polar surface area (TPSA) is 72.2 Å². The first-order chi connectivity index (χ1) is 9.11. The molecule has 1 aromatic rings. The van der Waals surface area contributed by atoms with E-state index in [9.17, 15) is 9.59 Å². The molecule has 0 bridgehead atoms. The monoisotopic (exact) mass is 260 g/mol. The highest BCUT2D eigenvalue weighted by atomic mass is 16.2. The molecule has 19 heavy (non-hydrogen) atoms. The first kappa shape index (κ1) is 13.7. The summed E-state index contributed by atoms with van der Waals surface area (Å²) in [5.74, 6) is -0.0275. The minimum absolute atomic E-state index is 0.162. The molecule has 0 fully saturated rings. The highest BCUT2D eigenvalue weighted by Gasteiger charge is 2.18. The highest BCUT2D eigenvalue weighted by molar-refractivity contribution is 6.01. The predicted molar refractivity (Wildman–Crippen MR) is 75.2 cm³/mol. The van der Waals surface area contributed by atoms with Crippen LogP contribution in [0.4, 0.5) is 5.69 Å². The molecule has 1 unspecified atom stereocenters. The van der Waals surface area contributed by atoms with Gasteiger partial charge in [0.05, 0.1) is 6.04 Å². The van der Waals surface area contributed by atoms with Gasteiger partial charge in [-0.2, -0.15) is 0 Å². The van der Waals surface area contributed by atoms with Crippen LogP contribution in [0.2, 0.25) is 0 Å². The third kappa shape index (κ3) is 3.20. The highest BCUT2D eigenvalue weighted by Crippen LogP contribution is 2.24. The number of carbonyl (C=O) groups is 2. The van der Waals surface area contributed by atoms with Gasteiger partial charge in [0.15, 0.2) is 5.78 Å². The average Bonchev–Trinajstić information content (AvgIpc) is 2.40. The van der Waals surface area contributed by atoms with E-state index in [0.717, 1.165) is 30.4 Å². The van der Waals surface area contributed by atoms with Gasteiger partial charge >= 0.3 is 0 Å². The number of hydrogen-bond donors (Lipinski definition) is 2. The molecule has 0 heterocycles. The van der Waals surface area contributed by atoms with Crippen molar-refractivity contribution >= 4 is 17.4 Å². The van der Waals surface area contributed by atoms with E-state index in [-0.39, 0.29) is 11.7 Å². The first-order valence-corrected chi connectivity index (χ1v) is 6.84. The van der Waals surface area contributed by atoms with Crippen molar-refractivity contribution in [1.29, 1.82) is 0 Å². The van der Waals surface area contributed by atoms with E-state index in [2.05, 4.69) is 5.32 Å². The molecule has 1 aromatic carbocycles. The van der Waals surface area contributed by atoms with Gasteiger partial charge in [0.1, 0.15) is 0 Å². The molecule has 102 valence electrons. The van der Waals surface area contributed by atoms with Crippen molar-refractivity contribution in [3.05, 3.63) is 29.3 Å². The lowest BCUT2D eigenvalue weighted by atomic mass is 9.90. The van der Waals surface area contributed by atoms with Crippen molar-refractivity contribution in [2.24, 2.45) is 5.73 Å². The zero-order valence-corrected chi connectivity index (χ0v) is 11.2. The van der Waals surface area contributed by atoms with Gasteiger partial charge in [-0.25, -0.2) is 0 Å². The first-order valence-electron chi connectivity index (χ1n) is 6.84. The zero-order chi connectivity index (χ0) is 13.8. The Kier molecular flexibility index (Phi) is 4.32. The number of anilines is 1. The lowest BCUT2D eigenvalue weighted by molar-refractivity contribution is -0.117. The van der Waals surface area contributed by atoms with Crippen LogP contribution in [-0.4, -0.2) is 17.7 Å². The largest absolute Gasteiger partial charge is 0.325 e. The SMILES string of the molecule is CCCC(N)C(=O)Nc1ccc2c(c1)C(=O)CCC2. The minimum atomic E-state index is -0.489. The van der Waals surface area contributed by atoms with Crippen molar-refractivity contribution in [3.8, 4) is 0 Å². The summed E-state index contributed by atoms with van der Waals surface area (Å²) in [5.41, 5.74) is 8.24. The number of Topliss-reactive ketones (excluding diaryl/α,β-unsaturated/α-hetero) is 1. The van der Waals surface area contributed by atoms with Gasteiger partial charge in [-0.3, -0.25) is 9.59 Å². The maximum Gasteiger partial charge on any atom is 0.241 e. The van der Waals surface area contributed by atoms with Crippen LogP contribution in [0.15, 0.2) is 18.2 Å². The Bertz CT molecular complexity index is 497. The molecule has 3 N–H and O–H groups in total. The number of hydrogen-bond acceptors (Lipinski definition) is 3. The van der Waals surface area contributed by atoms with Gasteiger partial charge in [0.2, 0.25) is 5.91 Å². The molecule has 1 aliphatic rings. The van der Waals surface area contributed by atoms with E-state index in [1.165, 1.54) is 0 Å². The van der Waals surface area contributed by atoms with Gasteiger partial charge in [0.25, 0.3) is 0 Å². The summed E-state index contributed by atoms with van der Waals surface area (Å²) in [6.07, 6.45) is 3.98. The van der Waals surface area contributed by atoms with Crippen LogP contribution in [0.25, 0.3) is 0 Å². The smallest absolute Gasteiger partial charge is 0.241 e. The average molecular weight is 260 g/mol. The number of nitrogens with two attached hydrogens (primary N) is 1. The maximum absolute atomic E-state index is 11.8. The van der Waals surface area contributed by atoms with Crippen LogP contribution in [-0.2, 0) is 11.2 Å². The van der Waals surface area contributed by atoms with Crippen LogP contribution in [0.5, 0.6) is 0 Å². The van der Waals surface area contributed by atoms with Gasteiger partial charge in [-0.05, 0) is 37.0 Å². The van der Waals surface area contributed by atoms with E-state index >= 15 is 0 Å². The lowest BCUT2D eigenvalue weighted by Crippen LogP contribution is -2.35. The number of rotatable bonds is 4. The van der Waals surface area contributed by atoms with Gasteiger partial charge in [0, 0.05) is 17.7 Å². The molecular formula is C15H20N2O2. The summed E-state index contributed by atoms with van der Waals surface area (Å²) in [5, 5.41) is 2.78. The Labute approximate surface area is 113 Å². The molecule has 0 saturated heterocycles. The summed E-state index contributed by atoms with van der Waals surface area (Å²) in [4.78, 5) is 23.7. The van der Waals surface area contributed by atoms with Crippen LogP contribution in [0.3, 0.4) is 0 Å². The number of ketones is 1. The number of nitrogens with one attached hydrogen (secondary N) is 1. The van der Waals surface area contributed by atoms with Crippen LogP contribution < -0.4 is 11.1 Å². The molecule has 0 radical (unpaired) electrons. The van der Waals surface area contributed by atoms with Crippen molar-refractivity contribution in [2.75, 3.05) is 5.32 Å². The third-order valence-electron chi connectivity index (χ3n) is 3.46. The summed E-state index contributed by atoms with van der Waals surface area (Å²) in [7, 11) is 0.